The minimum atomic E-state index is -0.885. The van der Waals surface area contributed by atoms with Gasteiger partial charge in [-0.25, -0.2) is 4.98 Å². The Morgan fingerprint density at radius 3 is 2.44 bits per heavy atom. The summed E-state index contributed by atoms with van der Waals surface area (Å²) in [5, 5.41) is 22.0. The standard InChI is InChI=1S/C29H34ClN7O3S/c30-23-9-4-5-10-24(23)35-28-34-19-22(26(36-28)31-14-6-15-32-29(41)33-16-11-25(38)39)27(40)37-17-12-21(13-18-37)20-7-2-1-3-8-20/h1-5,7-10,19,21H,6,11-18H2,(H,38,39)(H2,32,33,41)(H2,31,34,35,36). The van der Waals surface area contributed by atoms with Crippen LogP contribution in [0.3, 0.4) is 0 Å². The second-order valence-corrected chi connectivity index (χ2v) is 10.5. The van der Waals surface area contributed by atoms with Gasteiger partial charge in [-0.15, -0.1) is 0 Å². The number of carboxylic acid groups (broad SMARTS) is 1. The molecule has 1 aromatic heterocycles. The largest absolute Gasteiger partial charge is 0.481 e. The molecule has 12 heteroatoms. The van der Waals surface area contributed by atoms with E-state index in [-0.39, 0.29) is 18.9 Å². The molecule has 3 aromatic rings. The summed E-state index contributed by atoms with van der Waals surface area (Å²) in [5.41, 5.74) is 2.38. The molecule has 1 aliphatic heterocycles. The van der Waals surface area contributed by atoms with Crippen LogP contribution in [0.25, 0.3) is 0 Å². The van der Waals surface area contributed by atoms with Crippen LogP contribution in [-0.4, -0.2) is 69.7 Å². The van der Waals surface area contributed by atoms with Crippen molar-refractivity contribution in [2.75, 3.05) is 43.4 Å². The lowest BCUT2D eigenvalue weighted by Gasteiger charge is -2.32. The predicted molar refractivity (Wildman–Crippen MR) is 165 cm³/mol. The van der Waals surface area contributed by atoms with Crippen LogP contribution in [0.2, 0.25) is 5.02 Å². The Labute approximate surface area is 249 Å². The van der Waals surface area contributed by atoms with Crippen LogP contribution in [0.15, 0.2) is 60.8 Å². The lowest BCUT2D eigenvalue weighted by atomic mass is 9.89. The van der Waals surface area contributed by atoms with E-state index in [9.17, 15) is 9.59 Å². The number of carbonyl (C=O) groups excluding carboxylic acids is 1. The second-order valence-electron chi connectivity index (χ2n) is 9.64. The van der Waals surface area contributed by atoms with Crippen molar-refractivity contribution in [1.82, 2.24) is 25.5 Å². The molecule has 0 aliphatic carbocycles. The molecule has 2 heterocycles. The van der Waals surface area contributed by atoms with Gasteiger partial charge in [0.25, 0.3) is 5.91 Å². The zero-order chi connectivity index (χ0) is 29.0. The highest BCUT2D eigenvalue weighted by atomic mass is 35.5. The SMILES string of the molecule is O=C(O)CCNC(=S)NCCCNc1nc(Nc2ccccc2Cl)ncc1C(=O)N1CCC(c2ccccc2)CC1. The summed E-state index contributed by atoms with van der Waals surface area (Å²) in [6.45, 7) is 2.65. The first kappa shape index (κ1) is 30.0. The fraction of sp³-hybridized carbons (Fsp3) is 0.345. The highest BCUT2D eigenvalue weighted by Crippen LogP contribution is 2.30. The summed E-state index contributed by atoms with van der Waals surface area (Å²) in [5.74, 6) is 0.205. The van der Waals surface area contributed by atoms with Crippen LogP contribution in [0.4, 0.5) is 17.5 Å². The number of hydrogen-bond acceptors (Lipinski definition) is 7. The minimum absolute atomic E-state index is 0.0115. The topological polar surface area (TPSA) is 132 Å². The number of carboxylic acids is 1. The Morgan fingerprint density at radius 1 is 1.00 bits per heavy atom. The third kappa shape index (κ3) is 9.02. The summed E-state index contributed by atoms with van der Waals surface area (Å²) >= 11 is 11.5. The Balaban J connectivity index is 1.39. The van der Waals surface area contributed by atoms with E-state index < -0.39 is 5.97 Å². The van der Waals surface area contributed by atoms with Crippen molar-refractivity contribution in [2.24, 2.45) is 0 Å². The van der Waals surface area contributed by atoms with E-state index >= 15 is 0 Å². The van der Waals surface area contributed by atoms with Crippen LogP contribution in [0, 0.1) is 0 Å². The number of benzene rings is 2. The molecule has 1 saturated heterocycles. The van der Waals surface area contributed by atoms with Crippen molar-refractivity contribution in [3.8, 4) is 0 Å². The highest BCUT2D eigenvalue weighted by molar-refractivity contribution is 7.80. The maximum absolute atomic E-state index is 13.6. The Kier molecular flexibility index (Phi) is 11.1. The summed E-state index contributed by atoms with van der Waals surface area (Å²) < 4.78 is 0. The van der Waals surface area contributed by atoms with Crippen molar-refractivity contribution < 1.29 is 14.7 Å². The molecular formula is C29H34ClN7O3S. The van der Waals surface area contributed by atoms with E-state index in [1.54, 1.807) is 12.3 Å². The van der Waals surface area contributed by atoms with E-state index in [4.69, 9.17) is 28.9 Å². The normalized spacial score (nSPS) is 13.3. The number of thiocarbonyl (C=S) groups is 1. The molecule has 1 amide bonds. The molecular weight excluding hydrogens is 562 g/mol. The van der Waals surface area contributed by atoms with E-state index in [0.29, 0.717) is 71.7 Å². The van der Waals surface area contributed by atoms with Crippen molar-refractivity contribution >= 4 is 58.3 Å². The average molecular weight is 596 g/mol. The quantitative estimate of drug-likeness (QED) is 0.149. The minimum Gasteiger partial charge on any atom is -0.481 e. The number of piperidine rings is 1. The number of anilines is 3. The number of aliphatic carboxylic acids is 1. The lowest BCUT2D eigenvalue weighted by molar-refractivity contribution is -0.136. The predicted octanol–water partition coefficient (Wildman–Crippen LogP) is 4.63. The van der Waals surface area contributed by atoms with E-state index in [1.807, 2.05) is 29.2 Å². The Hall–Kier alpha value is -3.96. The summed E-state index contributed by atoms with van der Waals surface area (Å²) in [6, 6.07) is 17.7. The van der Waals surface area contributed by atoms with Crippen LogP contribution >= 0.6 is 23.8 Å². The molecule has 10 nitrogen and oxygen atoms in total. The number of amides is 1. The maximum Gasteiger partial charge on any atom is 0.305 e. The van der Waals surface area contributed by atoms with Crippen molar-refractivity contribution in [1.29, 1.82) is 0 Å². The van der Waals surface area contributed by atoms with Gasteiger partial charge in [0.05, 0.1) is 17.1 Å². The maximum atomic E-state index is 13.6. The monoisotopic (exact) mass is 595 g/mol. The molecule has 216 valence electrons. The summed E-state index contributed by atoms with van der Waals surface area (Å²) in [6.07, 6.45) is 4.02. The van der Waals surface area contributed by atoms with Gasteiger partial charge in [0, 0.05) is 38.9 Å². The lowest BCUT2D eigenvalue weighted by Crippen LogP contribution is -2.38. The molecule has 0 spiro atoms. The highest BCUT2D eigenvalue weighted by Gasteiger charge is 2.27. The molecule has 2 aromatic carbocycles. The smallest absolute Gasteiger partial charge is 0.305 e. The molecule has 0 saturated carbocycles. The van der Waals surface area contributed by atoms with Crippen LogP contribution < -0.4 is 21.3 Å². The molecule has 0 bridgehead atoms. The Morgan fingerprint density at radius 2 is 1.71 bits per heavy atom. The van der Waals surface area contributed by atoms with Gasteiger partial charge < -0.3 is 31.3 Å². The van der Waals surface area contributed by atoms with Gasteiger partial charge in [0.1, 0.15) is 11.4 Å². The first-order valence-corrected chi connectivity index (χ1v) is 14.4. The van der Waals surface area contributed by atoms with Crippen LogP contribution in [0.1, 0.15) is 47.5 Å². The van der Waals surface area contributed by atoms with Gasteiger partial charge in [0.15, 0.2) is 5.11 Å². The first-order chi connectivity index (χ1) is 19.9. The summed E-state index contributed by atoms with van der Waals surface area (Å²) in [7, 11) is 0. The van der Waals surface area contributed by atoms with Gasteiger partial charge >= 0.3 is 5.97 Å². The molecule has 4 rings (SSSR count). The number of likely N-dealkylation sites (tertiary alicyclic amines) is 1. The molecule has 41 heavy (non-hydrogen) atoms. The third-order valence-corrected chi connectivity index (χ3v) is 7.37. The van der Waals surface area contributed by atoms with E-state index in [0.717, 1.165) is 12.8 Å². The number of nitrogens with one attached hydrogen (secondary N) is 4. The van der Waals surface area contributed by atoms with Crippen LogP contribution in [-0.2, 0) is 4.79 Å². The average Bonchev–Trinajstić information content (AvgIpc) is 2.98. The van der Waals surface area contributed by atoms with Crippen molar-refractivity contribution in [3.05, 3.63) is 76.9 Å². The van der Waals surface area contributed by atoms with Gasteiger partial charge in [-0.2, -0.15) is 4.98 Å². The van der Waals surface area contributed by atoms with Gasteiger partial charge in [-0.05, 0) is 55.1 Å². The zero-order valence-corrected chi connectivity index (χ0v) is 24.2. The number of hydrogen-bond donors (Lipinski definition) is 5. The molecule has 1 aliphatic rings. The molecule has 0 atom stereocenters. The number of halogens is 1. The van der Waals surface area contributed by atoms with Crippen LogP contribution in [0.5, 0.6) is 0 Å². The van der Waals surface area contributed by atoms with Gasteiger partial charge in [0.2, 0.25) is 5.95 Å². The molecule has 1 fully saturated rings. The fourth-order valence-electron chi connectivity index (χ4n) is 4.57. The third-order valence-electron chi connectivity index (χ3n) is 6.75. The second kappa shape index (κ2) is 15.2. The number of rotatable bonds is 12. The number of para-hydroxylation sites is 1. The molecule has 0 radical (unpaired) electrons. The van der Waals surface area contributed by atoms with Gasteiger partial charge in [-0.3, -0.25) is 9.59 Å². The zero-order valence-electron chi connectivity index (χ0n) is 22.6. The number of aromatic nitrogens is 2. The molecule has 5 N–H and O–H groups in total. The Bertz CT molecular complexity index is 1340. The first-order valence-electron chi connectivity index (χ1n) is 13.6. The van der Waals surface area contributed by atoms with Crippen molar-refractivity contribution in [3.63, 3.8) is 0 Å². The van der Waals surface area contributed by atoms with Gasteiger partial charge in [-0.1, -0.05) is 54.1 Å². The van der Waals surface area contributed by atoms with Crippen molar-refractivity contribution in [2.45, 2.75) is 31.6 Å². The van der Waals surface area contributed by atoms with E-state index in [2.05, 4.69) is 55.5 Å². The summed E-state index contributed by atoms with van der Waals surface area (Å²) in [4.78, 5) is 35.2. The number of carbonyl (C=O) groups is 2. The fourth-order valence-corrected chi connectivity index (χ4v) is 4.96. The number of nitrogens with zero attached hydrogens (tertiary/aromatic N) is 3. The molecule has 0 unspecified atom stereocenters. The van der Waals surface area contributed by atoms with E-state index in [1.165, 1.54) is 5.56 Å².